The summed E-state index contributed by atoms with van der Waals surface area (Å²) in [5, 5.41) is 3.68. The zero-order valence-electron chi connectivity index (χ0n) is 13.3. The SMILES string of the molecule is COc1cccc(CCCNC(=O)CCc2ccccc2Cl)c1. The summed E-state index contributed by atoms with van der Waals surface area (Å²) in [5.41, 5.74) is 2.23. The second kappa shape index (κ2) is 9.21. The molecule has 3 nitrogen and oxygen atoms in total. The first-order valence-electron chi connectivity index (χ1n) is 7.82. The van der Waals surface area contributed by atoms with Gasteiger partial charge in [-0.15, -0.1) is 0 Å². The van der Waals surface area contributed by atoms with Crippen LogP contribution < -0.4 is 10.1 Å². The summed E-state index contributed by atoms with van der Waals surface area (Å²) in [4.78, 5) is 11.9. The highest BCUT2D eigenvalue weighted by atomic mass is 35.5. The first kappa shape index (κ1) is 17.4. The zero-order chi connectivity index (χ0) is 16.5. The molecule has 0 heterocycles. The molecule has 0 spiro atoms. The van der Waals surface area contributed by atoms with Gasteiger partial charge in [0.15, 0.2) is 0 Å². The summed E-state index contributed by atoms with van der Waals surface area (Å²) in [5.74, 6) is 0.932. The molecule has 0 atom stereocenters. The van der Waals surface area contributed by atoms with Crippen molar-refractivity contribution in [2.45, 2.75) is 25.7 Å². The van der Waals surface area contributed by atoms with Crippen molar-refractivity contribution in [2.24, 2.45) is 0 Å². The number of nitrogens with one attached hydrogen (secondary N) is 1. The third-order valence-electron chi connectivity index (χ3n) is 3.68. The molecule has 0 aliphatic rings. The Kier molecular flexibility index (Phi) is 6.95. The van der Waals surface area contributed by atoms with E-state index in [2.05, 4.69) is 11.4 Å². The van der Waals surface area contributed by atoms with Crippen molar-refractivity contribution in [1.82, 2.24) is 5.32 Å². The highest BCUT2D eigenvalue weighted by Crippen LogP contribution is 2.16. The number of hydrogen-bond donors (Lipinski definition) is 1. The largest absolute Gasteiger partial charge is 0.497 e. The third-order valence-corrected chi connectivity index (χ3v) is 4.05. The zero-order valence-corrected chi connectivity index (χ0v) is 14.1. The highest BCUT2D eigenvalue weighted by molar-refractivity contribution is 6.31. The van der Waals surface area contributed by atoms with Gasteiger partial charge in [-0.25, -0.2) is 0 Å². The first-order valence-corrected chi connectivity index (χ1v) is 8.20. The van der Waals surface area contributed by atoms with E-state index in [4.69, 9.17) is 16.3 Å². The molecule has 0 aliphatic heterocycles. The van der Waals surface area contributed by atoms with Crippen LogP contribution in [0.25, 0.3) is 0 Å². The minimum Gasteiger partial charge on any atom is -0.497 e. The molecule has 2 rings (SSSR count). The Hall–Kier alpha value is -2.00. The Bertz CT molecular complexity index is 643. The van der Waals surface area contributed by atoms with Crippen LogP contribution in [-0.2, 0) is 17.6 Å². The molecule has 0 aromatic heterocycles. The minimum atomic E-state index is 0.0653. The van der Waals surface area contributed by atoms with Crippen molar-refractivity contribution in [2.75, 3.05) is 13.7 Å². The normalized spacial score (nSPS) is 10.3. The van der Waals surface area contributed by atoms with Gasteiger partial charge in [-0.1, -0.05) is 41.9 Å². The lowest BCUT2D eigenvalue weighted by molar-refractivity contribution is -0.121. The van der Waals surface area contributed by atoms with Gasteiger partial charge in [0.25, 0.3) is 0 Å². The molecule has 1 N–H and O–H groups in total. The Labute approximate surface area is 142 Å². The fraction of sp³-hybridized carbons (Fsp3) is 0.316. The van der Waals surface area contributed by atoms with Gasteiger partial charge in [-0.05, 0) is 48.6 Å². The molecular weight excluding hydrogens is 310 g/mol. The van der Waals surface area contributed by atoms with E-state index in [1.165, 1.54) is 5.56 Å². The van der Waals surface area contributed by atoms with Crippen LogP contribution in [0.3, 0.4) is 0 Å². The highest BCUT2D eigenvalue weighted by Gasteiger charge is 2.04. The summed E-state index contributed by atoms with van der Waals surface area (Å²) < 4.78 is 5.20. The molecular formula is C19H22ClNO2. The van der Waals surface area contributed by atoms with Gasteiger partial charge in [-0.2, -0.15) is 0 Å². The number of aryl methyl sites for hydroxylation is 2. The molecule has 2 aromatic rings. The van der Waals surface area contributed by atoms with Crippen LogP contribution in [0.2, 0.25) is 5.02 Å². The molecule has 0 radical (unpaired) electrons. The molecule has 0 unspecified atom stereocenters. The van der Waals surface area contributed by atoms with E-state index in [1.807, 2.05) is 42.5 Å². The minimum absolute atomic E-state index is 0.0653. The number of amides is 1. The van der Waals surface area contributed by atoms with Crippen LogP contribution >= 0.6 is 11.6 Å². The van der Waals surface area contributed by atoms with Crippen molar-refractivity contribution >= 4 is 17.5 Å². The number of halogens is 1. The van der Waals surface area contributed by atoms with Gasteiger partial charge in [0.05, 0.1) is 7.11 Å². The van der Waals surface area contributed by atoms with Crippen molar-refractivity contribution in [3.05, 3.63) is 64.7 Å². The van der Waals surface area contributed by atoms with Crippen molar-refractivity contribution in [1.29, 1.82) is 0 Å². The summed E-state index contributed by atoms with van der Waals surface area (Å²) in [6.07, 6.45) is 2.96. The van der Waals surface area contributed by atoms with Gasteiger partial charge >= 0.3 is 0 Å². The summed E-state index contributed by atoms with van der Waals surface area (Å²) in [6, 6.07) is 15.6. The smallest absolute Gasteiger partial charge is 0.220 e. The van der Waals surface area contributed by atoms with Crippen molar-refractivity contribution in [3.8, 4) is 5.75 Å². The molecule has 23 heavy (non-hydrogen) atoms. The third kappa shape index (κ3) is 5.95. The number of carbonyl (C=O) groups is 1. The predicted molar refractivity (Wildman–Crippen MR) is 94.1 cm³/mol. The van der Waals surface area contributed by atoms with Gasteiger partial charge in [0, 0.05) is 18.0 Å². The molecule has 0 saturated carbocycles. The van der Waals surface area contributed by atoms with Crippen LogP contribution in [-0.4, -0.2) is 19.6 Å². The summed E-state index contributed by atoms with van der Waals surface area (Å²) in [6.45, 7) is 0.679. The second-order valence-electron chi connectivity index (χ2n) is 5.40. The van der Waals surface area contributed by atoms with Gasteiger partial charge in [-0.3, -0.25) is 4.79 Å². The quantitative estimate of drug-likeness (QED) is 0.742. The lowest BCUT2D eigenvalue weighted by atomic mass is 10.1. The topological polar surface area (TPSA) is 38.3 Å². The van der Waals surface area contributed by atoms with E-state index in [-0.39, 0.29) is 5.91 Å². The van der Waals surface area contributed by atoms with E-state index < -0.39 is 0 Å². The van der Waals surface area contributed by atoms with E-state index in [9.17, 15) is 4.79 Å². The lowest BCUT2D eigenvalue weighted by Crippen LogP contribution is -2.25. The fourth-order valence-corrected chi connectivity index (χ4v) is 2.62. The predicted octanol–water partition coefficient (Wildman–Crippen LogP) is 4.03. The summed E-state index contributed by atoms with van der Waals surface area (Å²) >= 11 is 6.09. The molecule has 0 saturated heterocycles. The average molecular weight is 332 g/mol. The number of methoxy groups -OCH3 is 1. The second-order valence-corrected chi connectivity index (χ2v) is 5.80. The van der Waals surface area contributed by atoms with E-state index in [0.717, 1.165) is 29.2 Å². The van der Waals surface area contributed by atoms with Crippen LogP contribution in [0.1, 0.15) is 24.0 Å². The molecule has 4 heteroatoms. The van der Waals surface area contributed by atoms with Crippen LogP contribution in [0, 0.1) is 0 Å². The number of hydrogen-bond acceptors (Lipinski definition) is 2. The molecule has 0 fully saturated rings. The Morgan fingerprint density at radius 3 is 2.74 bits per heavy atom. The Morgan fingerprint density at radius 2 is 1.96 bits per heavy atom. The van der Waals surface area contributed by atoms with Crippen molar-refractivity contribution in [3.63, 3.8) is 0 Å². The number of ether oxygens (including phenoxy) is 1. The van der Waals surface area contributed by atoms with Crippen LogP contribution in [0.4, 0.5) is 0 Å². The molecule has 1 amide bonds. The number of carbonyl (C=O) groups excluding carboxylic acids is 1. The monoisotopic (exact) mass is 331 g/mol. The maximum absolute atomic E-state index is 11.9. The fourth-order valence-electron chi connectivity index (χ4n) is 2.39. The van der Waals surface area contributed by atoms with E-state index >= 15 is 0 Å². The standard InChI is InChI=1S/C19H22ClNO2/c1-23-17-9-4-6-15(14-17)7-5-13-21-19(22)12-11-16-8-2-3-10-18(16)20/h2-4,6,8-10,14H,5,7,11-13H2,1H3,(H,21,22). The van der Waals surface area contributed by atoms with Gasteiger partial charge in [0.2, 0.25) is 5.91 Å². The maximum atomic E-state index is 11.9. The lowest BCUT2D eigenvalue weighted by Gasteiger charge is -2.07. The molecule has 0 bridgehead atoms. The Balaban J connectivity index is 1.66. The molecule has 2 aromatic carbocycles. The van der Waals surface area contributed by atoms with Gasteiger partial charge in [0.1, 0.15) is 5.75 Å². The van der Waals surface area contributed by atoms with Gasteiger partial charge < -0.3 is 10.1 Å². The molecule has 0 aliphatic carbocycles. The number of rotatable bonds is 8. The maximum Gasteiger partial charge on any atom is 0.220 e. The van der Waals surface area contributed by atoms with Crippen molar-refractivity contribution < 1.29 is 9.53 Å². The van der Waals surface area contributed by atoms with Crippen LogP contribution in [0.15, 0.2) is 48.5 Å². The Morgan fingerprint density at radius 1 is 1.13 bits per heavy atom. The summed E-state index contributed by atoms with van der Waals surface area (Å²) in [7, 11) is 1.67. The van der Waals surface area contributed by atoms with E-state index in [0.29, 0.717) is 19.4 Å². The number of benzene rings is 2. The van der Waals surface area contributed by atoms with Crippen LogP contribution in [0.5, 0.6) is 5.75 Å². The van der Waals surface area contributed by atoms with E-state index in [1.54, 1.807) is 7.11 Å². The first-order chi connectivity index (χ1) is 11.2. The molecule has 122 valence electrons. The average Bonchev–Trinajstić information content (AvgIpc) is 2.58.